The van der Waals surface area contributed by atoms with Crippen molar-refractivity contribution in [3.63, 3.8) is 0 Å². The highest BCUT2D eigenvalue weighted by molar-refractivity contribution is 6.36. The van der Waals surface area contributed by atoms with Crippen LogP contribution in [0.15, 0.2) is 30.3 Å². The van der Waals surface area contributed by atoms with Crippen LogP contribution in [0.25, 0.3) is 11.0 Å². The summed E-state index contributed by atoms with van der Waals surface area (Å²) >= 11 is 19.2. The van der Waals surface area contributed by atoms with E-state index in [1.54, 1.807) is 6.07 Å². The molecule has 2 aliphatic rings. The Bertz CT molecular complexity index is 1170. The van der Waals surface area contributed by atoms with Gasteiger partial charge in [0, 0.05) is 23.5 Å². The number of benzene rings is 2. The standard InChI is InChI=1S/C22H20Cl3N3O2/c1-30-18(29)12-22(7-8-22)14-4-5-15(24)19-20(14)28-10-2-9-27(21(28)26-19)17-6-3-13(23)11-16(17)25/h3-6,11H,2,7-10,12H2,1H3. The lowest BCUT2D eigenvalue weighted by Crippen LogP contribution is -2.28. The van der Waals surface area contributed by atoms with Crippen molar-refractivity contribution in [3.8, 4) is 0 Å². The van der Waals surface area contributed by atoms with Crippen molar-refractivity contribution in [2.24, 2.45) is 0 Å². The second-order valence-electron chi connectivity index (χ2n) is 7.99. The molecule has 2 aromatic carbocycles. The number of fused-ring (bicyclic) bond motifs is 3. The van der Waals surface area contributed by atoms with Crippen molar-refractivity contribution in [2.75, 3.05) is 18.6 Å². The maximum atomic E-state index is 12.1. The van der Waals surface area contributed by atoms with E-state index in [1.165, 1.54) is 7.11 Å². The highest BCUT2D eigenvalue weighted by atomic mass is 35.5. The van der Waals surface area contributed by atoms with Crippen LogP contribution < -0.4 is 4.90 Å². The van der Waals surface area contributed by atoms with Crippen molar-refractivity contribution in [1.82, 2.24) is 9.55 Å². The molecule has 0 bridgehead atoms. The van der Waals surface area contributed by atoms with Gasteiger partial charge < -0.3 is 14.2 Å². The molecular weight excluding hydrogens is 445 g/mol. The normalized spacial score (nSPS) is 17.1. The smallest absolute Gasteiger partial charge is 0.306 e. The van der Waals surface area contributed by atoms with Crippen LogP contribution in [-0.2, 0) is 21.5 Å². The molecule has 156 valence electrons. The average molecular weight is 465 g/mol. The van der Waals surface area contributed by atoms with Crippen LogP contribution >= 0.6 is 34.8 Å². The third-order valence-electron chi connectivity index (χ3n) is 6.17. The van der Waals surface area contributed by atoms with E-state index in [2.05, 4.69) is 9.47 Å². The van der Waals surface area contributed by atoms with E-state index >= 15 is 0 Å². The number of rotatable bonds is 4. The number of imidazole rings is 1. The number of halogens is 3. The Labute approximate surface area is 189 Å². The van der Waals surface area contributed by atoms with Crippen LogP contribution in [-0.4, -0.2) is 29.2 Å². The predicted molar refractivity (Wildman–Crippen MR) is 120 cm³/mol. The SMILES string of the molecule is COC(=O)CC1(c2ccc(Cl)c3nc4n(c23)CCCN4c2ccc(Cl)cc2Cl)CC1. The van der Waals surface area contributed by atoms with Gasteiger partial charge in [-0.05, 0) is 49.1 Å². The molecule has 30 heavy (non-hydrogen) atoms. The van der Waals surface area contributed by atoms with Crippen LogP contribution in [0.2, 0.25) is 15.1 Å². The fourth-order valence-electron chi connectivity index (χ4n) is 4.50. The van der Waals surface area contributed by atoms with Gasteiger partial charge >= 0.3 is 5.97 Å². The van der Waals surface area contributed by atoms with Crippen LogP contribution in [0.5, 0.6) is 0 Å². The third kappa shape index (κ3) is 3.15. The molecule has 2 heterocycles. The number of hydrogen-bond acceptors (Lipinski definition) is 4. The molecule has 1 saturated carbocycles. The molecule has 0 N–H and O–H groups in total. The number of nitrogens with zero attached hydrogens (tertiary/aromatic N) is 3. The van der Waals surface area contributed by atoms with Crippen LogP contribution in [0.4, 0.5) is 11.6 Å². The van der Waals surface area contributed by atoms with Gasteiger partial charge in [-0.15, -0.1) is 0 Å². The number of ether oxygens (including phenoxy) is 1. The molecular formula is C22H20Cl3N3O2. The topological polar surface area (TPSA) is 47.4 Å². The van der Waals surface area contributed by atoms with Gasteiger partial charge in [0.05, 0.1) is 34.8 Å². The highest BCUT2D eigenvalue weighted by Crippen LogP contribution is 2.54. The van der Waals surface area contributed by atoms with Crippen LogP contribution in [0.3, 0.4) is 0 Å². The predicted octanol–water partition coefficient (Wildman–Crippen LogP) is 6.13. The lowest BCUT2D eigenvalue weighted by molar-refractivity contribution is -0.141. The van der Waals surface area contributed by atoms with Crippen LogP contribution in [0.1, 0.15) is 31.2 Å². The minimum absolute atomic E-state index is 0.191. The molecule has 5 nitrogen and oxygen atoms in total. The number of carbonyl (C=O) groups excluding carboxylic acids is 1. The second kappa shape index (κ2) is 7.33. The summed E-state index contributed by atoms with van der Waals surface area (Å²) in [7, 11) is 1.43. The van der Waals surface area contributed by atoms with Crippen molar-refractivity contribution >= 4 is 63.4 Å². The summed E-state index contributed by atoms with van der Waals surface area (Å²) in [5, 5.41) is 1.78. The van der Waals surface area contributed by atoms with E-state index in [0.717, 1.165) is 60.6 Å². The zero-order valence-corrected chi connectivity index (χ0v) is 18.7. The Morgan fingerprint density at radius 2 is 1.93 bits per heavy atom. The Morgan fingerprint density at radius 1 is 1.13 bits per heavy atom. The first kappa shape index (κ1) is 20.0. The molecule has 1 aliphatic carbocycles. The quantitative estimate of drug-likeness (QED) is 0.436. The Balaban J connectivity index is 1.68. The summed E-state index contributed by atoms with van der Waals surface area (Å²) in [5.41, 5.74) is 3.55. The number of hydrogen-bond donors (Lipinski definition) is 0. The maximum absolute atomic E-state index is 12.1. The van der Waals surface area contributed by atoms with E-state index in [9.17, 15) is 4.79 Å². The zero-order chi connectivity index (χ0) is 21.0. The number of anilines is 2. The van der Waals surface area contributed by atoms with Gasteiger partial charge in [-0.1, -0.05) is 40.9 Å². The fraction of sp³-hybridized carbons (Fsp3) is 0.364. The Hall–Kier alpha value is -1.95. The number of esters is 1. The van der Waals surface area contributed by atoms with Crippen LogP contribution in [0, 0.1) is 0 Å². The molecule has 1 aliphatic heterocycles. The largest absolute Gasteiger partial charge is 0.469 e. The minimum Gasteiger partial charge on any atom is -0.469 e. The molecule has 0 radical (unpaired) electrons. The van der Waals surface area contributed by atoms with E-state index in [0.29, 0.717) is 21.5 Å². The average Bonchev–Trinajstić information content (AvgIpc) is 3.38. The lowest BCUT2D eigenvalue weighted by atomic mass is 9.91. The molecule has 0 atom stereocenters. The number of carbonyl (C=O) groups is 1. The lowest BCUT2D eigenvalue weighted by Gasteiger charge is -2.30. The minimum atomic E-state index is -0.201. The number of aryl methyl sites for hydroxylation is 1. The Kier molecular flexibility index (Phi) is 4.88. The first-order chi connectivity index (χ1) is 14.4. The van der Waals surface area contributed by atoms with Gasteiger partial charge in [-0.2, -0.15) is 0 Å². The van der Waals surface area contributed by atoms with Crippen molar-refractivity contribution in [1.29, 1.82) is 0 Å². The van der Waals surface area contributed by atoms with E-state index < -0.39 is 0 Å². The highest BCUT2D eigenvalue weighted by Gasteiger charge is 2.48. The third-order valence-corrected chi connectivity index (χ3v) is 7.01. The Morgan fingerprint density at radius 3 is 2.63 bits per heavy atom. The molecule has 0 amide bonds. The van der Waals surface area contributed by atoms with Crippen molar-refractivity contribution < 1.29 is 9.53 Å². The monoisotopic (exact) mass is 463 g/mol. The van der Waals surface area contributed by atoms with Gasteiger partial charge in [0.15, 0.2) is 0 Å². The summed E-state index contributed by atoms with van der Waals surface area (Å²) in [6.45, 7) is 1.63. The maximum Gasteiger partial charge on any atom is 0.306 e. The molecule has 0 unspecified atom stereocenters. The molecule has 0 spiro atoms. The summed E-state index contributed by atoms with van der Waals surface area (Å²) in [6.07, 6.45) is 3.21. The second-order valence-corrected chi connectivity index (χ2v) is 9.24. The molecule has 0 saturated heterocycles. The summed E-state index contributed by atoms with van der Waals surface area (Å²) in [5.74, 6) is 0.618. The van der Waals surface area contributed by atoms with Gasteiger partial charge in [0.1, 0.15) is 5.52 Å². The first-order valence-electron chi connectivity index (χ1n) is 9.92. The van der Waals surface area contributed by atoms with E-state index in [1.807, 2.05) is 24.3 Å². The van der Waals surface area contributed by atoms with Gasteiger partial charge in [0.25, 0.3) is 0 Å². The van der Waals surface area contributed by atoms with Gasteiger partial charge in [-0.25, -0.2) is 4.98 Å². The molecule has 8 heteroatoms. The molecule has 3 aromatic rings. The first-order valence-corrected chi connectivity index (χ1v) is 11.1. The summed E-state index contributed by atoms with van der Waals surface area (Å²) in [6, 6.07) is 9.42. The molecule has 1 fully saturated rings. The summed E-state index contributed by atoms with van der Waals surface area (Å²) < 4.78 is 7.16. The van der Waals surface area contributed by atoms with E-state index in [4.69, 9.17) is 44.5 Å². The van der Waals surface area contributed by atoms with Crippen molar-refractivity contribution in [3.05, 3.63) is 51.0 Å². The van der Waals surface area contributed by atoms with Gasteiger partial charge in [-0.3, -0.25) is 4.79 Å². The number of methoxy groups -OCH3 is 1. The zero-order valence-electron chi connectivity index (χ0n) is 16.4. The van der Waals surface area contributed by atoms with E-state index in [-0.39, 0.29) is 11.4 Å². The van der Waals surface area contributed by atoms with Gasteiger partial charge in [0.2, 0.25) is 5.95 Å². The van der Waals surface area contributed by atoms with Crippen molar-refractivity contribution in [2.45, 2.75) is 37.6 Å². The molecule has 1 aromatic heterocycles. The molecule has 5 rings (SSSR count). The number of aromatic nitrogens is 2. The fourth-order valence-corrected chi connectivity index (χ4v) is 5.20. The summed E-state index contributed by atoms with van der Waals surface area (Å²) in [4.78, 5) is 19.1.